The molecule has 1 aliphatic rings. The highest BCUT2D eigenvalue weighted by Gasteiger charge is 2.42. The van der Waals surface area contributed by atoms with Crippen LogP contribution in [-0.4, -0.2) is 52.2 Å². The van der Waals surface area contributed by atoms with Crippen LogP contribution in [0.25, 0.3) is 0 Å². The van der Waals surface area contributed by atoms with E-state index in [1.807, 2.05) is 0 Å². The van der Waals surface area contributed by atoms with Crippen LogP contribution in [0.5, 0.6) is 0 Å². The fourth-order valence-corrected chi connectivity index (χ4v) is 6.84. The van der Waals surface area contributed by atoms with E-state index < -0.39 is 52.5 Å². The van der Waals surface area contributed by atoms with E-state index in [0.717, 1.165) is 16.3 Å². The molecule has 1 aromatic heterocycles. The van der Waals surface area contributed by atoms with Gasteiger partial charge in [0.1, 0.15) is 5.82 Å². The summed E-state index contributed by atoms with van der Waals surface area (Å²) in [4.78, 5) is 50.8. The molecule has 5 atom stereocenters. The number of thioether (sulfide) groups is 1. The van der Waals surface area contributed by atoms with Crippen LogP contribution in [0.1, 0.15) is 11.8 Å². The first-order valence-electron chi connectivity index (χ1n) is 7.14. The molecular weight excluding hydrogens is 467 g/mol. The van der Waals surface area contributed by atoms with E-state index in [9.17, 15) is 28.5 Å². The second-order valence-electron chi connectivity index (χ2n) is 5.34. The van der Waals surface area contributed by atoms with Gasteiger partial charge >= 0.3 is 29.2 Å². The van der Waals surface area contributed by atoms with Crippen molar-refractivity contribution in [3.05, 3.63) is 22.7 Å². The summed E-state index contributed by atoms with van der Waals surface area (Å²) in [5.41, 5.74) is 5.04. The summed E-state index contributed by atoms with van der Waals surface area (Å²) in [6.07, 6.45) is 0.107. The minimum absolute atomic E-state index is 0.0187. The zero-order chi connectivity index (χ0) is 21.3. The highest BCUT2D eigenvalue weighted by molar-refractivity contribution is 8.00. The fourth-order valence-electron chi connectivity index (χ4n) is 2.21. The zero-order valence-corrected chi connectivity index (χ0v) is 17.1. The molecule has 28 heavy (non-hydrogen) atoms. The Balaban J connectivity index is 2.00. The van der Waals surface area contributed by atoms with Crippen molar-refractivity contribution in [1.82, 2.24) is 9.55 Å². The highest BCUT2D eigenvalue weighted by atomic mass is 32.2. The van der Waals surface area contributed by atoms with Gasteiger partial charge in [-0.3, -0.25) is 9.09 Å². The van der Waals surface area contributed by atoms with E-state index in [1.165, 1.54) is 12.3 Å². The van der Waals surface area contributed by atoms with Gasteiger partial charge in [-0.1, -0.05) is 0 Å². The molecule has 0 aromatic carbocycles. The van der Waals surface area contributed by atoms with Gasteiger partial charge in [-0.15, -0.1) is 11.8 Å². The van der Waals surface area contributed by atoms with E-state index in [4.69, 9.17) is 20.4 Å². The van der Waals surface area contributed by atoms with Crippen molar-refractivity contribution < 1.29 is 51.5 Å². The van der Waals surface area contributed by atoms with Gasteiger partial charge in [-0.2, -0.15) is 8.62 Å². The molecule has 0 spiro atoms. The van der Waals surface area contributed by atoms with Gasteiger partial charge in [0.15, 0.2) is 0 Å². The molecule has 0 aliphatic carbocycles. The number of aliphatic hydroxyl groups is 1. The quantitative estimate of drug-likeness (QED) is 0.256. The minimum atomic E-state index is -5.63. The summed E-state index contributed by atoms with van der Waals surface area (Å²) < 4.78 is 46.3. The van der Waals surface area contributed by atoms with Gasteiger partial charge < -0.3 is 30.4 Å². The molecule has 1 saturated heterocycles. The molecule has 7 N–H and O–H groups in total. The number of nitrogens with zero attached hydrogens (tertiary/aromatic N) is 2. The summed E-state index contributed by atoms with van der Waals surface area (Å²) in [5, 5.41) is 8.53. The molecule has 5 unspecified atom stereocenters. The Kier molecular flexibility index (Phi) is 7.31. The van der Waals surface area contributed by atoms with Crippen LogP contribution < -0.4 is 11.4 Å². The maximum atomic E-state index is 11.8. The SMILES string of the molecule is Nc1ccnc(=O)n1C1CC(O)C(COP(=O)(O)OP(=O)(O)OP(=O)(O)O)S1. The standard InChI is InChI=1S/C9H16N3O12P3S/c10-7-1-2-11-9(14)12(7)8-3-5(13)6(28-8)4-22-26(18,19)24-27(20,21)23-25(15,16)17/h1-2,5-6,8,13H,3-4,10H2,(H,18,19)(H,20,21)(H2,15,16,17). The average Bonchev–Trinajstić information content (AvgIpc) is 2.82. The number of anilines is 1. The van der Waals surface area contributed by atoms with Crippen LogP contribution in [0.4, 0.5) is 5.82 Å². The van der Waals surface area contributed by atoms with Crippen LogP contribution in [0.15, 0.2) is 17.1 Å². The Bertz CT molecular complexity index is 919. The van der Waals surface area contributed by atoms with Crippen molar-refractivity contribution in [3.63, 3.8) is 0 Å². The second kappa shape index (κ2) is 8.64. The van der Waals surface area contributed by atoms with Crippen molar-refractivity contribution in [2.24, 2.45) is 0 Å². The van der Waals surface area contributed by atoms with Crippen molar-refractivity contribution in [3.8, 4) is 0 Å². The Morgan fingerprint density at radius 2 is 1.86 bits per heavy atom. The molecule has 2 heterocycles. The number of aromatic nitrogens is 2. The van der Waals surface area contributed by atoms with Gasteiger partial charge in [0.25, 0.3) is 0 Å². The molecule has 0 bridgehead atoms. The largest absolute Gasteiger partial charge is 0.490 e. The fraction of sp³-hybridized carbons (Fsp3) is 0.556. The van der Waals surface area contributed by atoms with Crippen molar-refractivity contribution >= 4 is 41.0 Å². The first-order valence-corrected chi connectivity index (χ1v) is 12.6. The van der Waals surface area contributed by atoms with Crippen LogP contribution in [-0.2, 0) is 26.8 Å². The molecule has 0 radical (unpaired) electrons. The van der Waals surface area contributed by atoms with E-state index in [0.29, 0.717) is 0 Å². The molecule has 2 rings (SSSR count). The smallest absolute Gasteiger partial charge is 0.392 e. The van der Waals surface area contributed by atoms with Gasteiger partial charge in [0.2, 0.25) is 0 Å². The summed E-state index contributed by atoms with van der Waals surface area (Å²) in [6.45, 7) is -0.680. The predicted molar refractivity (Wildman–Crippen MR) is 93.8 cm³/mol. The molecule has 19 heteroatoms. The zero-order valence-electron chi connectivity index (χ0n) is 13.6. The molecule has 160 valence electrons. The lowest BCUT2D eigenvalue weighted by molar-refractivity contribution is 0.125. The minimum Gasteiger partial charge on any atom is -0.392 e. The Labute approximate surface area is 160 Å². The Hall–Kier alpha value is -0.600. The number of hydrogen-bond acceptors (Lipinski definition) is 11. The third kappa shape index (κ3) is 6.73. The third-order valence-electron chi connectivity index (χ3n) is 3.22. The van der Waals surface area contributed by atoms with Crippen LogP contribution in [0.3, 0.4) is 0 Å². The monoisotopic (exact) mass is 483 g/mol. The average molecular weight is 483 g/mol. The van der Waals surface area contributed by atoms with Crippen LogP contribution >= 0.6 is 35.2 Å². The lowest BCUT2D eigenvalue weighted by atomic mass is 10.2. The van der Waals surface area contributed by atoms with Crippen molar-refractivity contribution in [2.45, 2.75) is 23.1 Å². The summed E-state index contributed by atoms with van der Waals surface area (Å²) >= 11 is 0.962. The maximum absolute atomic E-state index is 11.8. The van der Waals surface area contributed by atoms with Crippen molar-refractivity contribution in [2.75, 3.05) is 12.3 Å². The first-order chi connectivity index (χ1) is 12.7. The van der Waals surface area contributed by atoms with Crippen LogP contribution in [0, 0.1) is 0 Å². The summed E-state index contributed by atoms with van der Waals surface area (Å²) in [6, 6.07) is 1.37. The number of phosphoric ester groups is 1. The Morgan fingerprint density at radius 3 is 2.43 bits per heavy atom. The normalized spacial score (nSPS) is 27.2. The van der Waals surface area contributed by atoms with E-state index in [-0.39, 0.29) is 12.2 Å². The van der Waals surface area contributed by atoms with Gasteiger partial charge in [-0.05, 0) is 6.07 Å². The predicted octanol–water partition coefficient (Wildman–Crippen LogP) is -0.466. The van der Waals surface area contributed by atoms with Gasteiger partial charge in [0, 0.05) is 12.6 Å². The van der Waals surface area contributed by atoms with Crippen molar-refractivity contribution in [1.29, 1.82) is 0 Å². The summed E-state index contributed by atoms with van der Waals surface area (Å²) in [7, 11) is -16.4. The molecule has 1 aromatic rings. The van der Waals surface area contributed by atoms with Crippen LogP contribution in [0.2, 0.25) is 0 Å². The number of hydrogen-bond donors (Lipinski definition) is 6. The molecule has 0 saturated carbocycles. The molecular formula is C9H16N3O12P3S. The molecule has 1 fully saturated rings. The topological polar surface area (TPSA) is 241 Å². The number of nitrogens with two attached hydrogens (primary N) is 1. The van der Waals surface area contributed by atoms with E-state index >= 15 is 0 Å². The van der Waals surface area contributed by atoms with E-state index in [2.05, 4.69) is 18.1 Å². The number of phosphoric acid groups is 3. The molecule has 1 aliphatic heterocycles. The maximum Gasteiger partial charge on any atom is 0.490 e. The number of nitrogen functional groups attached to an aromatic ring is 1. The van der Waals surface area contributed by atoms with Gasteiger partial charge in [-0.25, -0.2) is 23.5 Å². The van der Waals surface area contributed by atoms with Gasteiger partial charge in [0.05, 0.1) is 23.3 Å². The first kappa shape index (κ1) is 23.7. The third-order valence-corrected chi connectivity index (χ3v) is 8.54. The number of aliphatic hydroxyl groups excluding tert-OH is 1. The lowest BCUT2D eigenvalue weighted by Crippen LogP contribution is -2.27. The lowest BCUT2D eigenvalue weighted by Gasteiger charge is -2.19. The molecule has 15 nitrogen and oxygen atoms in total. The molecule has 0 amide bonds. The summed E-state index contributed by atoms with van der Waals surface area (Å²) in [5.74, 6) is 0.0817. The Morgan fingerprint density at radius 1 is 1.21 bits per heavy atom. The second-order valence-corrected chi connectivity index (χ2v) is 11.2. The van der Waals surface area contributed by atoms with E-state index in [1.54, 1.807) is 0 Å². The highest BCUT2D eigenvalue weighted by Crippen LogP contribution is 2.66. The number of rotatable bonds is 8.